The summed E-state index contributed by atoms with van der Waals surface area (Å²) in [5.74, 6) is -0.159. The van der Waals surface area contributed by atoms with E-state index in [1.807, 2.05) is 0 Å². The van der Waals surface area contributed by atoms with Crippen molar-refractivity contribution in [3.8, 4) is 0 Å². The molecule has 0 spiro atoms. The molecule has 1 amide bonds. The molecular formula is C14H21N3O2. The Hall–Kier alpha value is -1.62. The quantitative estimate of drug-likeness (QED) is 0.788. The van der Waals surface area contributed by atoms with Gasteiger partial charge in [-0.15, -0.1) is 0 Å². The third-order valence-corrected chi connectivity index (χ3v) is 3.76. The first-order valence-corrected chi connectivity index (χ1v) is 6.81. The molecule has 0 aromatic carbocycles. The minimum Gasteiger partial charge on any atom is -0.327 e. The van der Waals surface area contributed by atoms with Crippen LogP contribution in [0, 0.1) is 5.92 Å². The summed E-state index contributed by atoms with van der Waals surface area (Å²) in [4.78, 5) is 23.5. The fraction of sp³-hybridized carbons (Fsp3) is 0.571. The van der Waals surface area contributed by atoms with Crippen LogP contribution in [0.15, 0.2) is 23.1 Å². The lowest BCUT2D eigenvalue weighted by Gasteiger charge is -2.20. The largest absolute Gasteiger partial charge is 0.327 e. The van der Waals surface area contributed by atoms with Crippen LogP contribution in [0.5, 0.6) is 0 Å². The molecule has 1 aromatic rings. The molecule has 1 aliphatic rings. The number of aryl methyl sites for hydroxylation is 1. The van der Waals surface area contributed by atoms with Crippen molar-refractivity contribution in [3.05, 3.63) is 28.7 Å². The molecule has 2 atom stereocenters. The molecule has 0 aliphatic heterocycles. The number of rotatable bonds is 2. The Bertz CT molecular complexity index is 510. The SMILES string of the molecule is Cn1cc(NC(=O)C2CCCCCC2N)ccc1=O. The molecule has 1 aliphatic carbocycles. The number of aromatic nitrogens is 1. The van der Waals surface area contributed by atoms with Crippen LogP contribution in [-0.2, 0) is 11.8 Å². The van der Waals surface area contributed by atoms with E-state index < -0.39 is 0 Å². The molecular weight excluding hydrogens is 242 g/mol. The molecule has 1 saturated carbocycles. The Morgan fingerprint density at radius 2 is 2.05 bits per heavy atom. The topological polar surface area (TPSA) is 77.1 Å². The van der Waals surface area contributed by atoms with Gasteiger partial charge in [-0.1, -0.05) is 19.3 Å². The molecule has 19 heavy (non-hydrogen) atoms. The van der Waals surface area contributed by atoms with Crippen LogP contribution in [0.4, 0.5) is 5.69 Å². The predicted molar refractivity (Wildman–Crippen MR) is 74.9 cm³/mol. The molecule has 1 fully saturated rings. The van der Waals surface area contributed by atoms with Gasteiger partial charge >= 0.3 is 0 Å². The third kappa shape index (κ3) is 3.44. The zero-order valence-corrected chi connectivity index (χ0v) is 11.3. The molecule has 2 unspecified atom stereocenters. The number of hydrogen-bond donors (Lipinski definition) is 2. The summed E-state index contributed by atoms with van der Waals surface area (Å²) in [6, 6.07) is 3.01. The second kappa shape index (κ2) is 6.02. The van der Waals surface area contributed by atoms with E-state index in [2.05, 4.69) is 5.32 Å². The van der Waals surface area contributed by atoms with Crippen LogP contribution in [0.1, 0.15) is 32.1 Å². The van der Waals surface area contributed by atoms with Crippen molar-refractivity contribution in [3.63, 3.8) is 0 Å². The van der Waals surface area contributed by atoms with Gasteiger partial charge in [0.2, 0.25) is 11.5 Å². The van der Waals surface area contributed by atoms with Gasteiger partial charge in [-0.25, -0.2) is 0 Å². The zero-order chi connectivity index (χ0) is 13.8. The smallest absolute Gasteiger partial charge is 0.250 e. The summed E-state index contributed by atoms with van der Waals surface area (Å²) >= 11 is 0. The molecule has 0 saturated heterocycles. The lowest BCUT2D eigenvalue weighted by atomic mass is 9.94. The fourth-order valence-corrected chi connectivity index (χ4v) is 2.56. The molecule has 1 heterocycles. The van der Waals surface area contributed by atoms with Gasteiger partial charge < -0.3 is 15.6 Å². The van der Waals surface area contributed by atoms with Crippen LogP contribution in [0.2, 0.25) is 0 Å². The minimum atomic E-state index is -0.125. The number of anilines is 1. The Morgan fingerprint density at radius 1 is 1.32 bits per heavy atom. The third-order valence-electron chi connectivity index (χ3n) is 3.76. The monoisotopic (exact) mass is 263 g/mol. The van der Waals surface area contributed by atoms with Gasteiger partial charge in [0.25, 0.3) is 0 Å². The van der Waals surface area contributed by atoms with Crippen molar-refractivity contribution >= 4 is 11.6 Å². The highest BCUT2D eigenvalue weighted by atomic mass is 16.2. The van der Waals surface area contributed by atoms with E-state index in [4.69, 9.17) is 5.73 Å². The second-order valence-electron chi connectivity index (χ2n) is 5.26. The van der Waals surface area contributed by atoms with Gasteiger partial charge in [-0.3, -0.25) is 9.59 Å². The summed E-state index contributed by atoms with van der Waals surface area (Å²) in [6.07, 6.45) is 6.69. The van der Waals surface area contributed by atoms with Gasteiger partial charge in [0.1, 0.15) is 0 Å². The first kappa shape index (κ1) is 13.8. The van der Waals surface area contributed by atoms with Crippen LogP contribution >= 0.6 is 0 Å². The molecule has 104 valence electrons. The van der Waals surface area contributed by atoms with Crippen molar-refractivity contribution in [2.45, 2.75) is 38.1 Å². The zero-order valence-electron chi connectivity index (χ0n) is 11.3. The van der Waals surface area contributed by atoms with Gasteiger partial charge in [0, 0.05) is 25.4 Å². The number of carbonyl (C=O) groups excluding carboxylic acids is 1. The molecule has 0 radical (unpaired) electrons. The number of nitrogens with one attached hydrogen (secondary N) is 1. The van der Waals surface area contributed by atoms with E-state index in [0.717, 1.165) is 32.1 Å². The van der Waals surface area contributed by atoms with Gasteiger partial charge in [-0.2, -0.15) is 0 Å². The minimum absolute atomic E-state index is 0.0342. The van der Waals surface area contributed by atoms with Gasteiger partial charge in [0.15, 0.2) is 0 Å². The summed E-state index contributed by atoms with van der Waals surface area (Å²) in [5.41, 5.74) is 6.62. The Kier molecular flexibility index (Phi) is 4.37. The molecule has 1 aromatic heterocycles. The summed E-state index contributed by atoms with van der Waals surface area (Å²) in [5, 5.41) is 2.86. The predicted octanol–water partition coefficient (Wildman–Crippen LogP) is 1.23. The van der Waals surface area contributed by atoms with Gasteiger partial charge in [-0.05, 0) is 18.9 Å². The Labute approximate surface area is 112 Å². The van der Waals surface area contributed by atoms with E-state index in [1.54, 1.807) is 19.3 Å². The van der Waals surface area contributed by atoms with E-state index in [9.17, 15) is 9.59 Å². The average molecular weight is 263 g/mol. The number of pyridine rings is 1. The highest BCUT2D eigenvalue weighted by Gasteiger charge is 2.26. The van der Waals surface area contributed by atoms with E-state index in [1.165, 1.54) is 10.6 Å². The van der Waals surface area contributed by atoms with Crippen molar-refractivity contribution in [2.24, 2.45) is 18.7 Å². The summed E-state index contributed by atoms with van der Waals surface area (Å²) in [7, 11) is 1.66. The average Bonchev–Trinajstić information content (AvgIpc) is 2.58. The summed E-state index contributed by atoms with van der Waals surface area (Å²) in [6.45, 7) is 0. The maximum atomic E-state index is 12.2. The number of hydrogen-bond acceptors (Lipinski definition) is 3. The lowest BCUT2D eigenvalue weighted by molar-refractivity contribution is -0.120. The summed E-state index contributed by atoms with van der Waals surface area (Å²) < 4.78 is 1.45. The van der Waals surface area contributed by atoms with Crippen LogP contribution in [0.25, 0.3) is 0 Å². The standard InChI is InChI=1S/C14H21N3O2/c1-17-9-10(7-8-13(17)18)16-14(19)11-5-3-2-4-6-12(11)15/h7-9,11-12H,2-6,15H2,1H3,(H,16,19). The number of nitrogens with two attached hydrogens (primary N) is 1. The highest BCUT2D eigenvalue weighted by Crippen LogP contribution is 2.23. The normalized spacial score (nSPS) is 23.7. The van der Waals surface area contributed by atoms with E-state index >= 15 is 0 Å². The van der Waals surface area contributed by atoms with Crippen LogP contribution in [-0.4, -0.2) is 16.5 Å². The van der Waals surface area contributed by atoms with Crippen molar-refractivity contribution in [1.29, 1.82) is 0 Å². The molecule has 3 N–H and O–H groups in total. The van der Waals surface area contributed by atoms with Crippen molar-refractivity contribution < 1.29 is 4.79 Å². The first-order chi connectivity index (χ1) is 9.08. The van der Waals surface area contributed by atoms with Gasteiger partial charge in [0.05, 0.1) is 11.6 Å². The molecule has 0 bridgehead atoms. The highest BCUT2D eigenvalue weighted by molar-refractivity contribution is 5.92. The van der Waals surface area contributed by atoms with Crippen LogP contribution in [0.3, 0.4) is 0 Å². The van der Waals surface area contributed by atoms with E-state index in [-0.39, 0.29) is 23.4 Å². The number of nitrogens with zero attached hydrogens (tertiary/aromatic N) is 1. The lowest BCUT2D eigenvalue weighted by Crippen LogP contribution is -2.38. The van der Waals surface area contributed by atoms with Crippen molar-refractivity contribution in [2.75, 3.05) is 5.32 Å². The maximum Gasteiger partial charge on any atom is 0.250 e. The first-order valence-electron chi connectivity index (χ1n) is 6.81. The maximum absolute atomic E-state index is 12.2. The number of carbonyl (C=O) groups is 1. The fourth-order valence-electron chi connectivity index (χ4n) is 2.56. The van der Waals surface area contributed by atoms with E-state index in [0.29, 0.717) is 5.69 Å². The second-order valence-corrected chi connectivity index (χ2v) is 5.26. The number of amides is 1. The molecule has 5 heteroatoms. The molecule has 2 rings (SSSR count). The Balaban J connectivity index is 2.06. The Morgan fingerprint density at radius 3 is 2.79 bits per heavy atom. The molecule has 5 nitrogen and oxygen atoms in total. The van der Waals surface area contributed by atoms with Crippen molar-refractivity contribution in [1.82, 2.24) is 4.57 Å². The van der Waals surface area contributed by atoms with Crippen LogP contribution < -0.4 is 16.6 Å².